The summed E-state index contributed by atoms with van der Waals surface area (Å²) in [5, 5.41) is 15.4. The van der Waals surface area contributed by atoms with E-state index >= 15 is 0 Å². The van der Waals surface area contributed by atoms with E-state index in [0.717, 1.165) is 39.3 Å². The van der Waals surface area contributed by atoms with Crippen LogP contribution in [0.25, 0.3) is 82.4 Å². The molecule has 190 valence electrons. The molecular formula is C38H23N3. The topological polar surface area (TPSA) is 30.2 Å². The van der Waals surface area contributed by atoms with Gasteiger partial charge in [0.05, 0.1) is 16.9 Å². The van der Waals surface area contributed by atoms with Crippen molar-refractivity contribution in [2.24, 2.45) is 0 Å². The molecule has 3 heteroatoms. The smallest absolute Gasteiger partial charge is 0.101 e. The van der Waals surface area contributed by atoms with Crippen molar-refractivity contribution in [1.29, 1.82) is 0 Å². The zero-order valence-electron chi connectivity index (χ0n) is 22.1. The average molecular weight is 522 g/mol. The lowest BCUT2D eigenvalue weighted by Gasteiger charge is -2.12. The van der Waals surface area contributed by atoms with E-state index in [1.165, 1.54) is 43.1 Å². The number of hydrogen-bond donors (Lipinski definition) is 0. The molecule has 0 fully saturated rings. The summed E-state index contributed by atoms with van der Waals surface area (Å²) >= 11 is 0. The summed E-state index contributed by atoms with van der Waals surface area (Å²) < 4.78 is 2.10. The summed E-state index contributed by atoms with van der Waals surface area (Å²) in [6, 6.07) is 47.6. The maximum Gasteiger partial charge on any atom is 0.101 e. The van der Waals surface area contributed by atoms with Crippen molar-refractivity contribution < 1.29 is 0 Å². The highest BCUT2D eigenvalue weighted by atomic mass is 15.2. The molecule has 9 rings (SSSR count). The van der Waals surface area contributed by atoms with E-state index in [1.54, 1.807) is 0 Å². The normalized spacial score (nSPS) is 11.9. The Kier molecular flexibility index (Phi) is 4.61. The minimum atomic E-state index is 0.896. The van der Waals surface area contributed by atoms with E-state index in [2.05, 4.69) is 126 Å². The van der Waals surface area contributed by atoms with Gasteiger partial charge in [-0.2, -0.15) is 5.10 Å². The van der Waals surface area contributed by atoms with Crippen LogP contribution in [0.15, 0.2) is 140 Å². The third-order valence-electron chi connectivity index (χ3n) is 8.35. The standard InChI is InChI=1S/C38H23N3/c1-2-9-24(10-3-1)36-37(30-21-28-18-16-25-12-8-13-26-17-19-29(22-30)35(28)34(25)26)40-41-33(32-15-6-7-20-39-32)23-27-11-4-5-14-31(27)38(36)41/h1-23H. The number of pyridine rings is 2. The van der Waals surface area contributed by atoms with Gasteiger partial charge in [0.1, 0.15) is 5.69 Å². The predicted octanol–water partition coefficient (Wildman–Crippen LogP) is 9.78. The minimum Gasteiger partial charge on any atom is -0.255 e. The highest BCUT2D eigenvalue weighted by Gasteiger charge is 2.22. The molecule has 0 radical (unpaired) electrons. The molecule has 6 aromatic carbocycles. The Labute approximate surface area is 236 Å². The van der Waals surface area contributed by atoms with Crippen molar-refractivity contribution in [2.45, 2.75) is 0 Å². The van der Waals surface area contributed by atoms with Crippen LogP contribution in [0.5, 0.6) is 0 Å². The van der Waals surface area contributed by atoms with Gasteiger partial charge in [0.25, 0.3) is 0 Å². The molecule has 0 saturated carbocycles. The van der Waals surface area contributed by atoms with Gasteiger partial charge in [-0.25, -0.2) is 4.52 Å². The molecule has 9 aromatic rings. The summed E-state index contributed by atoms with van der Waals surface area (Å²) in [5.41, 5.74) is 7.31. The van der Waals surface area contributed by atoms with Crippen LogP contribution in [0.3, 0.4) is 0 Å². The summed E-state index contributed by atoms with van der Waals surface area (Å²) in [6.45, 7) is 0. The van der Waals surface area contributed by atoms with Crippen molar-refractivity contribution in [3.63, 3.8) is 0 Å². The molecule has 41 heavy (non-hydrogen) atoms. The molecule has 3 nitrogen and oxygen atoms in total. The van der Waals surface area contributed by atoms with E-state index in [-0.39, 0.29) is 0 Å². The second-order valence-corrected chi connectivity index (χ2v) is 10.7. The summed E-state index contributed by atoms with van der Waals surface area (Å²) in [6.07, 6.45) is 1.85. The van der Waals surface area contributed by atoms with E-state index < -0.39 is 0 Å². The second-order valence-electron chi connectivity index (χ2n) is 10.7. The summed E-state index contributed by atoms with van der Waals surface area (Å²) in [4.78, 5) is 4.72. The minimum absolute atomic E-state index is 0.896. The molecule has 3 heterocycles. The molecular weight excluding hydrogens is 498 g/mol. The molecule has 0 aliphatic rings. The van der Waals surface area contributed by atoms with Crippen LogP contribution in [0.2, 0.25) is 0 Å². The summed E-state index contributed by atoms with van der Waals surface area (Å²) in [5.74, 6) is 0. The predicted molar refractivity (Wildman–Crippen MR) is 171 cm³/mol. The maximum atomic E-state index is 5.40. The molecule has 0 atom stereocenters. The second kappa shape index (κ2) is 8.48. The first-order chi connectivity index (χ1) is 20.3. The molecule has 0 spiro atoms. The molecule has 0 aliphatic heterocycles. The highest BCUT2D eigenvalue weighted by molar-refractivity contribution is 6.24. The van der Waals surface area contributed by atoms with Crippen LogP contribution in [0.4, 0.5) is 0 Å². The van der Waals surface area contributed by atoms with Gasteiger partial charge in [-0.3, -0.25) is 4.98 Å². The van der Waals surface area contributed by atoms with Crippen molar-refractivity contribution >= 4 is 48.6 Å². The van der Waals surface area contributed by atoms with E-state index in [9.17, 15) is 0 Å². The van der Waals surface area contributed by atoms with Crippen molar-refractivity contribution in [2.75, 3.05) is 0 Å². The lowest BCUT2D eigenvalue weighted by molar-refractivity contribution is 0.972. The van der Waals surface area contributed by atoms with Gasteiger partial charge in [-0.1, -0.05) is 103 Å². The SMILES string of the molecule is c1ccc(-c2c(-c3cc4ccc5cccc6ccc(c3)c4c56)nn3c(-c4ccccn4)cc4ccccc4c23)cc1. The monoisotopic (exact) mass is 521 g/mol. The third kappa shape index (κ3) is 3.26. The Bertz CT molecular complexity index is 2340. The highest BCUT2D eigenvalue weighted by Crippen LogP contribution is 2.43. The number of rotatable bonds is 3. The molecule has 0 aliphatic carbocycles. The fourth-order valence-corrected chi connectivity index (χ4v) is 6.56. The van der Waals surface area contributed by atoms with Crippen LogP contribution < -0.4 is 0 Å². The largest absolute Gasteiger partial charge is 0.255 e. The lowest BCUT2D eigenvalue weighted by atomic mass is 9.91. The fraction of sp³-hybridized carbons (Fsp3) is 0. The van der Waals surface area contributed by atoms with Crippen molar-refractivity contribution in [1.82, 2.24) is 14.6 Å². The Morgan fingerprint density at radius 2 is 1.15 bits per heavy atom. The molecule has 0 saturated heterocycles. The number of fused-ring (bicyclic) bond motifs is 3. The van der Waals surface area contributed by atoms with Crippen LogP contribution in [-0.4, -0.2) is 14.6 Å². The van der Waals surface area contributed by atoms with E-state index in [4.69, 9.17) is 10.1 Å². The Balaban J connectivity index is 1.44. The summed E-state index contributed by atoms with van der Waals surface area (Å²) in [7, 11) is 0. The number of nitrogens with zero attached hydrogens (tertiary/aromatic N) is 3. The number of aromatic nitrogens is 3. The van der Waals surface area contributed by atoms with Gasteiger partial charge >= 0.3 is 0 Å². The zero-order chi connectivity index (χ0) is 26.9. The third-order valence-corrected chi connectivity index (χ3v) is 8.35. The van der Waals surface area contributed by atoms with Crippen molar-refractivity contribution in [3.05, 3.63) is 140 Å². The van der Waals surface area contributed by atoms with Gasteiger partial charge in [0.2, 0.25) is 0 Å². The quantitative estimate of drug-likeness (QED) is 0.217. The van der Waals surface area contributed by atoms with E-state index in [0.29, 0.717) is 0 Å². The first-order valence-electron chi connectivity index (χ1n) is 13.9. The first-order valence-corrected chi connectivity index (χ1v) is 13.9. The number of hydrogen-bond acceptors (Lipinski definition) is 2. The number of benzene rings is 6. The van der Waals surface area contributed by atoms with Gasteiger partial charge in [0, 0.05) is 22.7 Å². The Morgan fingerprint density at radius 1 is 0.488 bits per heavy atom. The molecule has 3 aromatic heterocycles. The maximum absolute atomic E-state index is 5.40. The van der Waals surface area contributed by atoms with Gasteiger partial charge in [-0.15, -0.1) is 0 Å². The van der Waals surface area contributed by atoms with Gasteiger partial charge in [-0.05, 0) is 73.6 Å². The van der Waals surface area contributed by atoms with Crippen LogP contribution in [0.1, 0.15) is 0 Å². The lowest BCUT2D eigenvalue weighted by Crippen LogP contribution is -1.97. The average Bonchev–Trinajstić information content (AvgIpc) is 3.45. The molecule has 0 amide bonds. The van der Waals surface area contributed by atoms with E-state index in [1.807, 2.05) is 18.3 Å². The van der Waals surface area contributed by atoms with Crippen LogP contribution in [0, 0.1) is 0 Å². The molecule has 0 unspecified atom stereocenters. The van der Waals surface area contributed by atoms with Crippen molar-refractivity contribution in [3.8, 4) is 33.8 Å². The fourth-order valence-electron chi connectivity index (χ4n) is 6.56. The Hall–Kier alpha value is -5.54. The molecule has 0 bridgehead atoms. The van der Waals surface area contributed by atoms with Gasteiger partial charge in [0.15, 0.2) is 0 Å². The molecule has 0 N–H and O–H groups in total. The Morgan fingerprint density at radius 3 is 1.90 bits per heavy atom. The van der Waals surface area contributed by atoms with Gasteiger partial charge < -0.3 is 0 Å². The first kappa shape index (κ1) is 22.3. The van der Waals surface area contributed by atoms with Crippen LogP contribution in [-0.2, 0) is 0 Å². The zero-order valence-corrected chi connectivity index (χ0v) is 22.1. The van der Waals surface area contributed by atoms with Crippen LogP contribution >= 0.6 is 0 Å².